The van der Waals surface area contributed by atoms with Crippen molar-refractivity contribution in [2.24, 2.45) is 12.8 Å². The molecule has 4 N–H and O–H groups in total. The van der Waals surface area contributed by atoms with Gasteiger partial charge in [-0.2, -0.15) is 5.10 Å². The van der Waals surface area contributed by atoms with Crippen molar-refractivity contribution in [3.8, 4) is 0 Å². The Balaban J connectivity index is 1.85. The number of anilines is 2. The fourth-order valence-electron chi connectivity index (χ4n) is 2.82. The fourth-order valence-corrected chi connectivity index (χ4v) is 2.82. The highest BCUT2D eigenvalue weighted by atomic mass is 15.4. The number of nitrogens with two attached hydrogens (primary N) is 1. The molecule has 0 amide bonds. The number of nitrogens with zero attached hydrogens (tertiary/aromatic N) is 3. The van der Waals surface area contributed by atoms with Gasteiger partial charge in [0.2, 0.25) is 0 Å². The zero-order chi connectivity index (χ0) is 13.7. The number of H-pyrrole nitrogens is 1. The highest BCUT2D eigenvalue weighted by molar-refractivity contribution is 5.91. The third-order valence-corrected chi connectivity index (χ3v) is 3.88. The third-order valence-electron chi connectivity index (χ3n) is 3.88. The number of nitrogens with one attached hydrogen (secondary N) is 2. The summed E-state index contributed by atoms with van der Waals surface area (Å²) in [7, 11) is 1.95. The molecule has 3 aromatic rings. The van der Waals surface area contributed by atoms with Gasteiger partial charge in [0, 0.05) is 30.4 Å². The second kappa shape index (κ2) is 4.01. The first-order valence-electron chi connectivity index (χ1n) is 6.60. The summed E-state index contributed by atoms with van der Waals surface area (Å²) in [6.45, 7) is 0.646. The van der Waals surface area contributed by atoms with E-state index >= 15 is 0 Å². The van der Waals surface area contributed by atoms with Gasteiger partial charge in [-0.1, -0.05) is 12.1 Å². The summed E-state index contributed by atoms with van der Waals surface area (Å²) in [6.07, 6.45) is 3.67. The lowest BCUT2D eigenvalue weighted by Gasteiger charge is -2.34. The van der Waals surface area contributed by atoms with Crippen molar-refractivity contribution in [2.45, 2.75) is 6.17 Å². The molecule has 1 unspecified atom stereocenters. The van der Waals surface area contributed by atoms with Crippen LogP contribution in [0, 0.1) is 0 Å². The summed E-state index contributed by atoms with van der Waals surface area (Å²) in [5, 5.41) is 9.11. The molecule has 0 saturated heterocycles. The molecule has 6 heteroatoms. The van der Waals surface area contributed by atoms with Crippen LogP contribution in [-0.2, 0) is 7.05 Å². The summed E-state index contributed by atoms with van der Waals surface area (Å²) in [5.41, 5.74) is 9.62. The Morgan fingerprint density at radius 3 is 3.05 bits per heavy atom. The van der Waals surface area contributed by atoms with Crippen molar-refractivity contribution in [1.82, 2.24) is 14.8 Å². The van der Waals surface area contributed by atoms with Crippen molar-refractivity contribution in [2.75, 3.05) is 16.9 Å². The second-order valence-electron chi connectivity index (χ2n) is 5.04. The molecule has 1 atom stereocenters. The van der Waals surface area contributed by atoms with Crippen LogP contribution >= 0.6 is 0 Å². The largest absolute Gasteiger partial charge is 0.366 e. The number of fused-ring (bicyclic) bond motifs is 2. The molecular formula is C14H16N6. The first-order chi connectivity index (χ1) is 9.75. The van der Waals surface area contributed by atoms with Crippen LogP contribution in [0.5, 0.6) is 0 Å². The molecule has 0 aliphatic carbocycles. The van der Waals surface area contributed by atoms with Gasteiger partial charge in [0.05, 0.1) is 17.9 Å². The van der Waals surface area contributed by atoms with Crippen LogP contribution in [0.3, 0.4) is 0 Å². The highest BCUT2D eigenvalue weighted by Crippen LogP contribution is 2.34. The molecule has 0 fully saturated rings. The average Bonchev–Trinajstić information content (AvgIpc) is 3.06. The maximum Gasteiger partial charge on any atom is 0.161 e. The lowest BCUT2D eigenvalue weighted by atomic mass is 10.1. The van der Waals surface area contributed by atoms with E-state index in [-0.39, 0.29) is 6.17 Å². The van der Waals surface area contributed by atoms with Crippen molar-refractivity contribution in [3.05, 3.63) is 42.2 Å². The predicted octanol–water partition coefficient (Wildman–Crippen LogP) is 1.75. The van der Waals surface area contributed by atoms with E-state index in [1.807, 2.05) is 36.3 Å². The van der Waals surface area contributed by atoms with Crippen LogP contribution in [0.2, 0.25) is 0 Å². The number of aryl methyl sites for hydroxylation is 1. The van der Waals surface area contributed by atoms with Gasteiger partial charge in [-0.25, -0.2) is 0 Å². The van der Waals surface area contributed by atoms with E-state index in [0.29, 0.717) is 6.67 Å². The summed E-state index contributed by atoms with van der Waals surface area (Å²) in [5.74, 6) is 0.912. The van der Waals surface area contributed by atoms with E-state index in [1.165, 1.54) is 0 Å². The molecule has 1 aliphatic heterocycles. The maximum atomic E-state index is 6.38. The Labute approximate surface area is 116 Å². The van der Waals surface area contributed by atoms with Gasteiger partial charge >= 0.3 is 0 Å². The van der Waals surface area contributed by atoms with Gasteiger partial charge in [0.25, 0.3) is 0 Å². The highest BCUT2D eigenvalue weighted by Gasteiger charge is 2.28. The standard InChI is InChI=1S/C14H16N6/c1-19-12-5-3-2-4-9(12)14(18-19)20-8-17-11-7-16-6-10(11)13(20)15/h2-7,13,16-17H,8,15H2,1H3. The first-order valence-corrected chi connectivity index (χ1v) is 6.60. The van der Waals surface area contributed by atoms with E-state index in [4.69, 9.17) is 5.73 Å². The third kappa shape index (κ3) is 1.45. The van der Waals surface area contributed by atoms with Gasteiger partial charge in [-0.15, -0.1) is 0 Å². The van der Waals surface area contributed by atoms with Crippen LogP contribution < -0.4 is 16.0 Å². The maximum absolute atomic E-state index is 6.38. The molecule has 6 nitrogen and oxygen atoms in total. The molecule has 2 aromatic heterocycles. The Bertz CT molecular complexity index is 771. The van der Waals surface area contributed by atoms with Crippen molar-refractivity contribution in [1.29, 1.82) is 0 Å². The number of para-hydroxylation sites is 1. The summed E-state index contributed by atoms with van der Waals surface area (Å²) < 4.78 is 1.89. The lowest BCUT2D eigenvalue weighted by molar-refractivity contribution is 0.632. The Morgan fingerprint density at radius 2 is 2.15 bits per heavy atom. The number of aromatic nitrogens is 3. The fraction of sp³-hybridized carbons (Fsp3) is 0.214. The Morgan fingerprint density at radius 1 is 1.30 bits per heavy atom. The topological polar surface area (TPSA) is 74.9 Å². The van der Waals surface area contributed by atoms with Crippen LogP contribution in [0.15, 0.2) is 36.7 Å². The molecule has 0 saturated carbocycles. The average molecular weight is 268 g/mol. The second-order valence-corrected chi connectivity index (χ2v) is 5.04. The minimum absolute atomic E-state index is 0.198. The molecular weight excluding hydrogens is 252 g/mol. The van der Waals surface area contributed by atoms with Crippen LogP contribution in [-0.4, -0.2) is 21.4 Å². The lowest BCUT2D eigenvalue weighted by Crippen LogP contribution is -2.42. The zero-order valence-electron chi connectivity index (χ0n) is 11.2. The van der Waals surface area contributed by atoms with Crippen molar-refractivity contribution in [3.63, 3.8) is 0 Å². The summed E-state index contributed by atoms with van der Waals surface area (Å²) in [6, 6.07) is 8.19. The van der Waals surface area contributed by atoms with Crippen LogP contribution in [0.4, 0.5) is 11.5 Å². The minimum Gasteiger partial charge on any atom is -0.366 e. The zero-order valence-corrected chi connectivity index (χ0v) is 11.2. The Hall–Kier alpha value is -2.47. The van der Waals surface area contributed by atoms with E-state index in [0.717, 1.165) is 28.0 Å². The molecule has 20 heavy (non-hydrogen) atoms. The van der Waals surface area contributed by atoms with Gasteiger partial charge in [0.1, 0.15) is 6.17 Å². The molecule has 1 aromatic carbocycles. The summed E-state index contributed by atoms with van der Waals surface area (Å²) in [4.78, 5) is 5.17. The molecule has 102 valence electrons. The normalized spacial score (nSPS) is 18.1. The molecule has 0 radical (unpaired) electrons. The van der Waals surface area contributed by atoms with Gasteiger partial charge < -0.3 is 20.9 Å². The number of hydrogen-bond donors (Lipinski definition) is 3. The predicted molar refractivity (Wildman–Crippen MR) is 79.4 cm³/mol. The molecule has 3 heterocycles. The monoisotopic (exact) mass is 268 g/mol. The smallest absolute Gasteiger partial charge is 0.161 e. The number of hydrogen-bond acceptors (Lipinski definition) is 4. The minimum atomic E-state index is -0.198. The van der Waals surface area contributed by atoms with Crippen LogP contribution in [0.1, 0.15) is 11.7 Å². The van der Waals surface area contributed by atoms with E-state index < -0.39 is 0 Å². The van der Waals surface area contributed by atoms with E-state index in [1.54, 1.807) is 0 Å². The van der Waals surface area contributed by atoms with Crippen molar-refractivity contribution < 1.29 is 0 Å². The van der Waals surface area contributed by atoms with Gasteiger partial charge in [0.15, 0.2) is 5.82 Å². The molecule has 1 aliphatic rings. The number of benzene rings is 1. The van der Waals surface area contributed by atoms with E-state index in [2.05, 4.69) is 32.4 Å². The van der Waals surface area contributed by atoms with Crippen LogP contribution in [0.25, 0.3) is 10.9 Å². The number of aromatic amines is 1. The SMILES string of the molecule is Cn1nc(N2CNc3c[nH]cc3C2N)c2ccccc21. The van der Waals surface area contributed by atoms with E-state index in [9.17, 15) is 0 Å². The molecule has 0 bridgehead atoms. The summed E-state index contributed by atoms with van der Waals surface area (Å²) >= 11 is 0. The number of rotatable bonds is 1. The van der Waals surface area contributed by atoms with Crippen molar-refractivity contribution >= 4 is 22.4 Å². The first kappa shape index (κ1) is 11.4. The van der Waals surface area contributed by atoms with Gasteiger partial charge in [-0.3, -0.25) is 4.68 Å². The molecule has 4 rings (SSSR count). The quantitative estimate of drug-likeness (QED) is 0.628. The molecule has 0 spiro atoms. The Kier molecular flexibility index (Phi) is 2.28. The van der Waals surface area contributed by atoms with Gasteiger partial charge in [-0.05, 0) is 12.1 Å².